The zero-order valence-corrected chi connectivity index (χ0v) is 15.0. The second kappa shape index (κ2) is 9.96. The van der Waals surface area contributed by atoms with Gasteiger partial charge < -0.3 is 0 Å². The number of nitrogens with one attached hydrogen (secondary N) is 2. The smallest absolute Gasteiger partial charge is 0.269 e. The number of amides is 2. The van der Waals surface area contributed by atoms with E-state index in [0.29, 0.717) is 0 Å². The van der Waals surface area contributed by atoms with Crippen molar-refractivity contribution >= 4 is 11.8 Å². The van der Waals surface area contributed by atoms with Crippen LogP contribution in [0.3, 0.4) is 0 Å². The van der Waals surface area contributed by atoms with Gasteiger partial charge in [-0.05, 0) is 23.3 Å². The molecule has 3 aromatic rings. The molecule has 1 heterocycles. The quantitative estimate of drug-likeness (QED) is 0.589. The summed E-state index contributed by atoms with van der Waals surface area (Å²) in [5, 5.41) is 0. The molecule has 2 amide bonds. The third-order valence-electron chi connectivity index (χ3n) is 3.71. The standard InChI is InChI=1S/C21H19N3O4/c25-20(23-27-14-16-8-3-1-4-9-16)18-12-7-13-19(22-18)21(26)24-28-15-17-10-5-2-6-11-17/h1-13H,14-15H2,(H,23,25)(H,24,26). The first-order valence-corrected chi connectivity index (χ1v) is 8.61. The Morgan fingerprint density at radius 2 is 1.07 bits per heavy atom. The monoisotopic (exact) mass is 377 g/mol. The fourth-order valence-corrected chi connectivity index (χ4v) is 2.31. The summed E-state index contributed by atoms with van der Waals surface area (Å²) in [5.41, 5.74) is 6.58. The predicted molar refractivity (Wildman–Crippen MR) is 102 cm³/mol. The second-order valence-corrected chi connectivity index (χ2v) is 5.82. The van der Waals surface area contributed by atoms with E-state index in [1.54, 1.807) is 6.07 Å². The van der Waals surface area contributed by atoms with Crippen LogP contribution in [0.5, 0.6) is 0 Å². The predicted octanol–water partition coefficient (Wildman–Crippen LogP) is 2.80. The molecular weight excluding hydrogens is 358 g/mol. The van der Waals surface area contributed by atoms with Crippen molar-refractivity contribution in [1.29, 1.82) is 0 Å². The zero-order chi connectivity index (χ0) is 19.6. The van der Waals surface area contributed by atoms with Crippen LogP contribution in [0.1, 0.15) is 32.1 Å². The Morgan fingerprint density at radius 3 is 1.50 bits per heavy atom. The van der Waals surface area contributed by atoms with Crippen LogP contribution >= 0.6 is 0 Å². The molecule has 0 saturated heterocycles. The van der Waals surface area contributed by atoms with Gasteiger partial charge in [0.15, 0.2) is 0 Å². The Morgan fingerprint density at radius 1 is 0.643 bits per heavy atom. The third-order valence-corrected chi connectivity index (χ3v) is 3.71. The fourth-order valence-electron chi connectivity index (χ4n) is 2.31. The molecule has 0 aliphatic heterocycles. The lowest BCUT2D eigenvalue weighted by Crippen LogP contribution is -2.27. The molecule has 0 atom stereocenters. The minimum Gasteiger partial charge on any atom is -0.269 e. The molecule has 0 radical (unpaired) electrons. The van der Waals surface area contributed by atoms with E-state index >= 15 is 0 Å². The fraction of sp³-hybridized carbons (Fsp3) is 0.0952. The highest BCUT2D eigenvalue weighted by Crippen LogP contribution is 2.03. The zero-order valence-electron chi connectivity index (χ0n) is 15.0. The lowest BCUT2D eigenvalue weighted by molar-refractivity contribution is 0.0220. The van der Waals surface area contributed by atoms with Gasteiger partial charge in [-0.2, -0.15) is 0 Å². The van der Waals surface area contributed by atoms with Crippen molar-refractivity contribution in [3.8, 4) is 0 Å². The average molecular weight is 377 g/mol. The first-order chi connectivity index (χ1) is 13.7. The van der Waals surface area contributed by atoms with Gasteiger partial charge in [-0.3, -0.25) is 19.3 Å². The highest BCUT2D eigenvalue weighted by molar-refractivity contribution is 5.95. The highest BCUT2D eigenvalue weighted by atomic mass is 16.7. The largest absolute Gasteiger partial charge is 0.293 e. The van der Waals surface area contributed by atoms with E-state index in [1.165, 1.54) is 12.1 Å². The Kier molecular flexibility index (Phi) is 6.84. The number of carbonyl (C=O) groups excluding carboxylic acids is 2. The number of benzene rings is 2. The average Bonchev–Trinajstić information content (AvgIpc) is 2.75. The highest BCUT2D eigenvalue weighted by Gasteiger charge is 2.12. The molecule has 0 fully saturated rings. The molecule has 3 rings (SSSR count). The molecule has 7 nitrogen and oxygen atoms in total. The summed E-state index contributed by atoms with van der Waals surface area (Å²) in [5.74, 6) is -1.09. The van der Waals surface area contributed by atoms with Crippen molar-refractivity contribution in [3.63, 3.8) is 0 Å². The van der Waals surface area contributed by atoms with Crippen molar-refractivity contribution in [3.05, 3.63) is 101 Å². The molecule has 2 N–H and O–H groups in total. The molecular formula is C21H19N3O4. The van der Waals surface area contributed by atoms with Crippen LogP contribution in [0.2, 0.25) is 0 Å². The minimum absolute atomic E-state index is 0.0590. The molecule has 0 spiro atoms. The summed E-state index contributed by atoms with van der Waals surface area (Å²) >= 11 is 0. The molecule has 142 valence electrons. The summed E-state index contributed by atoms with van der Waals surface area (Å²) in [6, 6.07) is 23.4. The van der Waals surface area contributed by atoms with E-state index in [4.69, 9.17) is 9.68 Å². The minimum atomic E-state index is -0.546. The van der Waals surface area contributed by atoms with Crippen LogP contribution in [-0.2, 0) is 22.9 Å². The van der Waals surface area contributed by atoms with Gasteiger partial charge in [-0.25, -0.2) is 15.9 Å². The van der Waals surface area contributed by atoms with E-state index in [0.717, 1.165) is 11.1 Å². The van der Waals surface area contributed by atoms with E-state index < -0.39 is 11.8 Å². The first-order valence-electron chi connectivity index (χ1n) is 8.61. The molecule has 2 aromatic carbocycles. The van der Waals surface area contributed by atoms with Gasteiger partial charge in [0.05, 0.1) is 13.2 Å². The van der Waals surface area contributed by atoms with Crippen LogP contribution in [0.15, 0.2) is 78.9 Å². The summed E-state index contributed by atoms with van der Waals surface area (Å²) in [6.07, 6.45) is 0. The van der Waals surface area contributed by atoms with Gasteiger partial charge in [-0.1, -0.05) is 66.7 Å². The molecule has 1 aromatic heterocycles. The summed E-state index contributed by atoms with van der Waals surface area (Å²) in [4.78, 5) is 38.7. The molecule has 0 aliphatic carbocycles. The normalized spacial score (nSPS) is 10.3. The maximum absolute atomic E-state index is 12.1. The summed E-state index contributed by atoms with van der Waals surface area (Å²) in [7, 11) is 0. The lowest BCUT2D eigenvalue weighted by Gasteiger charge is -2.08. The number of aromatic nitrogens is 1. The van der Waals surface area contributed by atoms with Gasteiger partial charge in [0.25, 0.3) is 11.8 Å². The SMILES string of the molecule is O=C(NOCc1ccccc1)c1cccc(C(=O)NOCc2ccccc2)n1. The number of hydrogen-bond donors (Lipinski definition) is 2. The van der Waals surface area contributed by atoms with Crippen molar-refractivity contribution < 1.29 is 19.3 Å². The van der Waals surface area contributed by atoms with Gasteiger partial charge in [0.2, 0.25) is 0 Å². The molecule has 0 bridgehead atoms. The maximum Gasteiger partial charge on any atom is 0.293 e. The molecule has 7 heteroatoms. The van der Waals surface area contributed by atoms with Crippen LogP contribution in [0.4, 0.5) is 0 Å². The third kappa shape index (κ3) is 5.73. The van der Waals surface area contributed by atoms with Gasteiger partial charge >= 0.3 is 0 Å². The van der Waals surface area contributed by atoms with Crippen LogP contribution in [-0.4, -0.2) is 16.8 Å². The number of carbonyl (C=O) groups is 2. The van der Waals surface area contributed by atoms with E-state index in [2.05, 4.69) is 15.9 Å². The van der Waals surface area contributed by atoms with Crippen LogP contribution in [0.25, 0.3) is 0 Å². The topological polar surface area (TPSA) is 89.5 Å². The Bertz CT molecular complexity index is 844. The molecule has 0 saturated carbocycles. The Labute approximate surface area is 162 Å². The van der Waals surface area contributed by atoms with E-state index in [1.807, 2.05) is 60.7 Å². The van der Waals surface area contributed by atoms with Crippen LogP contribution in [0, 0.1) is 0 Å². The second-order valence-electron chi connectivity index (χ2n) is 5.82. The van der Waals surface area contributed by atoms with Gasteiger partial charge in [-0.15, -0.1) is 0 Å². The van der Waals surface area contributed by atoms with Crippen molar-refractivity contribution in [1.82, 2.24) is 15.9 Å². The molecule has 0 aliphatic rings. The summed E-state index contributed by atoms with van der Waals surface area (Å²) in [6.45, 7) is 0.445. The number of nitrogens with zero attached hydrogens (tertiary/aromatic N) is 1. The number of rotatable bonds is 8. The van der Waals surface area contributed by atoms with Gasteiger partial charge in [0, 0.05) is 0 Å². The lowest BCUT2D eigenvalue weighted by atomic mass is 10.2. The van der Waals surface area contributed by atoms with E-state index in [9.17, 15) is 9.59 Å². The van der Waals surface area contributed by atoms with Crippen molar-refractivity contribution in [2.45, 2.75) is 13.2 Å². The summed E-state index contributed by atoms with van der Waals surface area (Å²) < 4.78 is 0. The first kappa shape index (κ1) is 19.2. The number of hydroxylamine groups is 2. The molecule has 0 unspecified atom stereocenters. The molecule has 28 heavy (non-hydrogen) atoms. The van der Waals surface area contributed by atoms with Crippen molar-refractivity contribution in [2.24, 2.45) is 0 Å². The maximum atomic E-state index is 12.1. The van der Waals surface area contributed by atoms with E-state index in [-0.39, 0.29) is 24.6 Å². The Hall–Kier alpha value is -3.55. The van der Waals surface area contributed by atoms with Gasteiger partial charge in [0.1, 0.15) is 11.4 Å². The number of hydrogen-bond acceptors (Lipinski definition) is 5. The van der Waals surface area contributed by atoms with Crippen molar-refractivity contribution in [2.75, 3.05) is 0 Å². The van der Waals surface area contributed by atoms with Crippen LogP contribution < -0.4 is 11.0 Å². The number of pyridine rings is 1. The Balaban J connectivity index is 1.49.